The summed E-state index contributed by atoms with van der Waals surface area (Å²) in [4.78, 5) is 2.44. The van der Waals surface area contributed by atoms with Gasteiger partial charge in [0.2, 0.25) is 0 Å². The van der Waals surface area contributed by atoms with Crippen molar-refractivity contribution in [2.24, 2.45) is 0 Å². The van der Waals surface area contributed by atoms with Crippen LogP contribution in [0.3, 0.4) is 0 Å². The van der Waals surface area contributed by atoms with Gasteiger partial charge >= 0.3 is 0 Å². The molecule has 0 aromatic heterocycles. The first-order valence-corrected chi connectivity index (χ1v) is 6.95. The lowest BCUT2D eigenvalue weighted by Gasteiger charge is -2.11. The summed E-state index contributed by atoms with van der Waals surface area (Å²) in [6.07, 6.45) is 4.35. The van der Waals surface area contributed by atoms with Crippen molar-refractivity contribution in [1.82, 2.24) is 4.90 Å². The lowest BCUT2D eigenvalue weighted by Crippen LogP contribution is -2.15. The van der Waals surface area contributed by atoms with E-state index in [0.29, 0.717) is 0 Å². The Morgan fingerprint density at radius 1 is 1.00 bits per heavy atom. The zero-order valence-electron chi connectivity index (χ0n) is 11.8. The second kappa shape index (κ2) is 5.93. The maximum atomic E-state index is 5.35. The first-order chi connectivity index (χ1) is 9.86. The lowest BCUT2D eigenvalue weighted by molar-refractivity contribution is 0.317. The van der Waals surface area contributed by atoms with Crippen LogP contribution in [0.1, 0.15) is 16.7 Å². The number of ether oxygens (including phenoxy) is 1. The molecule has 0 atom stereocenters. The van der Waals surface area contributed by atoms with Gasteiger partial charge in [-0.25, -0.2) is 0 Å². The van der Waals surface area contributed by atoms with Crippen LogP contribution in [0.2, 0.25) is 0 Å². The average molecular weight is 265 g/mol. The predicted molar refractivity (Wildman–Crippen MR) is 82.6 cm³/mol. The first-order valence-electron chi connectivity index (χ1n) is 6.95. The molecule has 2 heteroatoms. The third-order valence-corrected chi connectivity index (χ3v) is 3.71. The molecular weight excluding hydrogens is 246 g/mol. The normalized spacial score (nSPS) is 14.7. The Morgan fingerprint density at radius 3 is 2.35 bits per heavy atom. The van der Waals surface area contributed by atoms with E-state index in [1.54, 1.807) is 7.11 Å². The number of para-hydroxylation sites is 1. The third-order valence-electron chi connectivity index (χ3n) is 3.71. The average Bonchev–Trinajstić information content (AvgIpc) is 2.90. The largest absolute Gasteiger partial charge is 0.496 e. The van der Waals surface area contributed by atoms with Crippen LogP contribution >= 0.6 is 0 Å². The van der Waals surface area contributed by atoms with Gasteiger partial charge in [0.05, 0.1) is 7.11 Å². The fourth-order valence-electron chi connectivity index (χ4n) is 2.67. The minimum Gasteiger partial charge on any atom is -0.496 e. The van der Waals surface area contributed by atoms with Gasteiger partial charge in [0.1, 0.15) is 5.75 Å². The Kier molecular flexibility index (Phi) is 3.84. The summed E-state index contributed by atoms with van der Waals surface area (Å²) in [6, 6.07) is 16.8. The van der Waals surface area contributed by atoms with Gasteiger partial charge in [-0.3, -0.25) is 4.90 Å². The number of benzene rings is 2. The molecule has 2 aromatic rings. The molecular formula is C18H19NO. The van der Waals surface area contributed by atoms with E-state index in [9.17, 15) is 0 Å². The van der Waals surface area contributed by atoms with Gasteiger partial charge in [-0.1, -0.05) is 54.6 Å². The van der Waals surface area contributed by atoms with Gasteiger partial charge in [0.25, 0.3) is 0 Å². The Balaban J connectivity index is 1.62. The van der Waals surface area contributed by atoms with Crippen molar-refractivity contribution in [2.45, 2.75) is 13.1 Å². The van der Waals surface area contributed by atoms with E-state index in [1.807, 2.05) is 18.2 Å². The molecule has 1 aliphatic heterocycles. The maximum absolute atomic E-state index is 5.35. The molecule has 0 aliphatic carbocycles. The van der Waals surface area contributed by atoms with Crippen molar-refractivity contribution >= 4 is 6.08 Å². The quantitative estimate of drug-likeness (QED) is 0.835. The van der Waals surface area contributed by atoms with Gasteiger partial charge in [0, 0.05) is 25.2 Å². The maximum Gasteiger partial charge on any atom is 0.126 e. The number of hydrogen-bond donors (Lipinski definition) is 0. The number of fused-ring (bicyclic) bond motifs is 1. The predicted octanol–water partition coefficient (Wildman–Crippen LogP) is 3.72. The summed E-state index contributed by atoms with van der Waals surface area (Å²) in [5.41, 5.74) is 4.04. The van der Waals surface area contributed by atoms with Gasteiger partial charge in [-0.05, 0) is 17.2 Å². The van der Waals surface area contributed by atoms with Crippen LogP contribution in [-0.2, 0) is 13.1 Å². The molecule has 102 valence electrons. The van der Waals surface area contributed by atoms with Crippen LogP contribution in [-0.4, -0.2) is 18.6 Å². The molecule has 0 bridgehead atoms. The molecule has 0 amide bonds. The zero-order valence-corrected chi connectivity index (χ0v) is 11.8. The topological polar surface area (TPSA) is 12.5 Å². The van der Waals surface area contributed by atoms with Gasteiger partial charge in [0.15, 0.2) is 0 Å². The Bertz CT molecular complexity index is 593. The van der Waals surface area contributed by atoms with E-state index >= 15 is 0 Å². The molecule has 0 spiro atoms. The van der Waals surface area contributed by atoms with Crippen LogP contribution < -0.4 is 4.74 Å². The number of nitrogens with zero attached hydrogens (tertiary/aromatic N) is 1. The fraction of sp³-hybridized carbons (Fsp3) is 0.222. The lowest BCUT2D eigenvalue weighted by atomic mass is 10.1. The molecule has 0 fully saturated rings. The van der Waals surface area contributed by atoms with E-state index in [1.165, 1.54) is 11.1 Å². The highest BCUT2D eigenvalue weighted by Crippen LogP contribution is 2.22. The van der Waals surface area contributed by atoms with Crippen molar-refractivity contribution in [1.29, 1.82) is 0 Å². The smallest absolute Gasteiger partial charge is 0.126 e. The Labute approximate surface area is 120 Å². The molecule has 0 saturated heterocycles. The van der Waals surface area contributed by atoms with E-state index in [4.69, 9.17) is 4.74 Å². The van der Waals surface area contributed by atoms with Crippen LogP contribution in [0.25, 0.3) is 6.08 Å². The minimum absolute atomic E-state index is 0.924. The van der Waals surface area contributed by atoms with Crippen LogP contribution in [0.5, 0.6) is 5.75 Å². The highest BCUT2D eigenvalue weighted by Gasteiger charge is 2.16. The van der Waals surface area contributed by atoms with Crippen LogP contribution in [0, 0.1) is 0 Å². The Morgan fingerprint density at radius 2 is 1.65 bits per heavy atom. The second-order valence-corrected chi connectivity index (χ2v) is 5.08. The van der Waals surface area contributed by atoms with E-state index < -0.39 is 0 Å². The number of rotatable bonds is 4. The Hall–Kier alpha value is -2.06. The number of methoxy groups -OCH3 is 1. The minimum atomic E-state index is 0.924. The monoisotopic (exact) mass is 265 g/mol. The molecule has 2 aromatic carbocycles. The van der Waals surface area contributed by atoms with E-state index in [2.05, 4.69) is 47.4 Å². The molecule has 0 saturated carbocycles. The summed E-state index contributed by atoms with van der Waals surface area (Å²) in [5, 5.41) is 0. The van der Waals surface area contributed by atoms with Crippen LogP contribution in [0.15, 0.2) is 54.6 Å². The standard InChI is InChI=1S/C18H19NO/c1-20-18-11-5-4-7-15(18)10-6-12-19-13-16-8-2-3-9-17(16)14-19/h2-11H,12-14H2,1H3. The SMILES string of the molecule is COc1ccccc1C=CCN1Cc2ccccc2C1. The number of hydrogen-bond acceptors (Lipinski definition) is 2. The van der Waals surface area contributed by atoms with Crippen molar-refractivity contribution in [3.05, 3.63) is 71.3 Å². The highest BCUT2D eigenvalue weighted by atomic mass is 16.5. The van der Waals surface area contributed by atoms with E-state index in [-0.39, 0.29) is 0 Å². The van der Waals surface area contributed by atoms with E-state index in [0.717, 1.165) is 30.9 Å². The molecule has 3 rings (SSSR count). The first kappa shape index (κ1) is 12.9. The molecule has 0 unspecified atom stereocenters. The van der Waals surface area contributed by atoms with Crippen LogP contribution in [0.4, 0.5) is 0 Å². The van der Waals surface area contributed by atoms with Crippen molar-refractivity contribution < 1.29 is 4.74 Å². The fourth-order valence-corrected chi connectivity index (χ4v) is 2.67. The molecule has 0 radical (unpaired) electrons. The molecule has 1 aliphatic rings. The summed E-state index contributed by atoms with van der Waals surface area (Å²) < 4.78 is 5.35. The van der Waals surface area contributed by atoms with Gasteiger partial charge in [-0.15, -0.1) is 0 Å². The summed E-state index contributed by atoms with van der Waals surface area (Å²) >= 11 is 0. The summed E-state index contributed by atoms with van der Waals surface area (Å²) in [7, 11) is 1.71. The third kappa shape index (κ3) is 2.75. The molecule has 1 heterocycles. The highest BCUT2D eigenvalue weighted by molar-refractivity contribution is 5.57. The molecule has 20 heavy (non-hydrogen) atoms. The van der Waals surface area contributed by atoms with Gasteiger partial charge < -0.3 is 4.74 Å². The summed E-state index contributed by atoms with van der Waals surface area (Å²) in [6.45, 7) is 3.06. The molecule has 2 nitrogen and oxygen atoms in total. The zero-order chi connectivity index (χ0) is 13.8. The molecule has 0 N–H and O–H groups in total. The van der Waals surface area contributed by atoms with Crippen molar-refractivity contribution in [3.8, 4) is 5.75 Å². The van der Waals surface area contributed by atoms with Crippen molar-refractivity contribution in [3.63, 3.8) is 0 Å². The second-order valence-electron chi connectivity index (χ2n) is 5.08. The summed E-state index contributed by atoms with van der Waals surface area (Å²) in [5.74, 6) is 0.924. The van der Waals surface area contributed by atoms with Gasteiger partial charge in [-0.2, -0.15) is 0 Å². The van der Waals surface area contributed by atoms with Crippen molar-refractivity contribution in [2.75, 3.05) is 13.7 Å².